The summed E-state index contributed by atoms with van der Waals surface area (Å²) in [6, 6.07) is 11.8. The number of piperidine rings is 1. The van der Waals surface area contributed by atoms with E-state index in [4.69, 9.17) is 14.2 Å². The first-order valence-electron chi connectivity index (χ1n) is 9.98. The third-order valence-electron chi connectivity index (χ3n) is 5.38. The first kappa shape index (κ1) is 20.8. The molecule has 0 N–H and O–H groups in total. The van der Waals surface area contributed by atoms with Gasteiger partial charge >= 0.3 is 0 Å². The maximum Gasteiger partial charge on any atom is 0.257 e. The molecule has 0 aliphatic carbocycles. The number of hydrogen-bond acceptors (Lipinski definition) is 5. The molecule has 3 rings (SSSR count). The molecule has 1 heterocycles. The number of nitrogens with zero attached hydrogens (tertiary/aromatic N) is 2. The van der Waals surface area contributed by atoms with Gasteiger partial charge in [-0.1, -0.05) is 18.2 Å². The lowest BCUT2D eigenvalue weighted by Crippen LogP contribution is -2.32. The van der Waals surface area contributed by atoms with Gasteiger partial charge in [-0.15, -0.1) is 0 Å². The van der Waals surface area contributed by atoms with Crippen molar-refractivity contribution in [3.05, 3.63) is 47.5 Å². The van der Waals surface area contributed by atoms with Gasteiger partial charge in [0, 0.05) is 32.4 Å². The van der Waals surface area contributed by atoms with E-state index in [0.717, 1.165) is 18.7 Å². The van der Waals surface area contributed by atoms with Crippen molar-refractivity contribution in [2.75, 3.05) is 46.4 Å². The third kappa shape index (κ3) is 4.42. The van der Waals surface area contributed by atoms with Crippen molar-refractivity contribution >= 4 is 11.6 Å². The maximum atomic E-state index is 13.2. The highest BCUT2D eigenvalue weighted by Crippen LogP contribution is 2.40. The zero-order chi connectivity index (χ0) is 20.8. The van der Waals surface area contributed by atoms with Crippen molar-refractivity contribution in [1.29, 1.82) is 0 Å². The van der Waals surface area contributed by atoms with Crippen LogP contribution in [0.5, 0.6) is 17.2 Å². The fraction of sp³-hybridized carbons (Fsp3) is 0.435. The van der Waals surface area contributed by atoms with E-state index in [2.05, 4.69) is 23.1 Å². The van der Waals surface area contributed by atoms with Gasteiger partial charge in [0.25, 0.3) is 5.91 Å². The summed E-state index contributed by atoms with van der Waals surface area (Å²) in [5.41, 5.74) is 2.80. The van der Waals surface area contributed by atoms with Gasteiger partial charge in [-0.3, -0.25) is 4.79 Å². The molecule has 1 amide bonds. The van der Waals surface area contributed by atoms with E-state index >= 15 is 0 Å². The third-order valence-corrected chi connectivity index (χ3v) is 5.38. The lowest BCUT2D eigenvalue weighted by atomic mass is 10.1. The molecule has 2 aromatic carbocycles. The Bertz CT molecular complexity index is 847. The summed E-state index contributed by atoms with van der Waals surface area (Å²) < 4.78 is 16.2. The van der Waals surface area contributed by atoms with Crippen LogP contribution >= 0.6 is 0 Å². The first-order valence-corrected chi connectivity index (χ1v) is 9.98. The van der Waals surface area contributed by atoms with Crippen molar-refractivity contribution < 1.29 is 19.0 Å². The first-order chi connectivity index (χ1) is 14.1. The number of methoxy groups -OCH3 is 3. The van der Waals surface area contributed by atoms with Gasteiger partial charge in [0.05, 0.1) is 26.9 Å². The molecule has 0 bridgehead atoms. The van der Waals surface area contributed by atoms with E-state index in [1.54, 1.807) is 24.1 Å². The van der Waals surface area contributed by atoms with Crippen LogP contribution in [0, 0.1) is 0 Å². The molecule has 0 saturated carbocycles. The number of hydrogen-bond donors (Lipinski definition) is 0. The SMILES string of the molecule is COc1ccc(C(=O)N(C)Cc2ccccc2N2CCCCC2)c(OC)c1OC. The van der Waals surface area contributed by atoms with Gasteiger partial charge < -0.3 is 24.0 Å². The molecule has 0 spiro atoms. The largest absolute Gasteiger partial charge is 0.493 e. The maximum absolute atomic E-state index is 13.2. The molecule has 0 atom stereocenters. The average Bonchev–Trinajstić information content (AvgIpc) is 2.78. The Hall–Kier alpha value is -2.89. The van der Waals surface area contributed by atoms with E-state index in [1.165, 1.54) is 39.2 Å². The monoisotopic (exact) mass is 398 g/mol. The highest BCUT2D eigenvalue weighted by molar-refractivity contribution is 5.98. The number of anilines is 1. The van der Waals surface area contributed by atoms with Gasteiger partial charge in [0.2, 0.25) is 5.75 Å². The van der Waals surface area contributed by atoms with E-state index in [9.17, 15) is 4.79 Å². The van der Waals surface area contributed by atoms with Crippen LogP contribution < -0.4 is 19.1 Å². The second-order valence-electron chi connectivity index (χ2n) is 7.22. The summed E-state index contributed by atoms with van der Waals surface area (Å²) in [4.78, 5) is 17.4. The molecule has 2 aromatic rings. The van der Waals surface area contributed by atoms with Gasteiger partial charge in [-0.25, -0.2) is 0 Å². The minimum Gasteiger partial charge on any atom is -0.493 e. The summed E-state index contributed by atoms with van der Waals surface area (Å²) >= 11 is 0. The van der Waals surface area contributed by atoms with Crippen LogP contribution in [0.15, 0.2) is 36.4 Å². The normalized spacial score (nSPS) is 13.7. The number of carbonyl (C=O) groups is 1. The highest BCUT2D eigenvalue weighted by Gasteiger charge is 2.24. The number of para-hydroxylation sites is 1. The van der Waals surface area contributed by atoms with Gasteiger partial charge in [-0.05, 0) is 43.0 Å². The lowest BCUT2D eigenvalue weighted by molar-refractivity contribution is 0.0781. The molecule has 1 saturated heterocycles. The van der Waals surface area contributed by atoms with Gasteiger partial charge in [0.15, 0.2) is 11.5 Å². The molecule has 156 valence electrons. The van der Waals surface area contributed by atoms with E-state index in [0.29, 0.717) is 29.4 Å². The summed E-state index contributed by atoms with van der Waals surface area (Å²) in [7, 11) is 6.43. The average molecular weight is 399 g/mol. The minimum atomic E-state index is -0.128. The fourth-order valence-electron chi connectivity index (χ4n) is 3.89. The fourth-order valence-corrected chi connectivity index (χ4v) is 3.89. The van der Waals surface area contributed by atoms with Crippen LogP contribution in [0.2, 0.25) is 0 Å². The Balaban J connectivity index is 1.85. The van der Waals surface area contributed by atoms with Crippen LogP contribution in [0.3, 0.4) is 0 Å². The molecule has 0 unspecified atom stereocenters. The zero-order valence-corrected chi connectivity index (χ0v) is 17.7. The quantitative estimate of drug-likeness (QED) is 0.706. The number of ether oxygens (including phenoxy) is 3. The topological polar surface area (TPSA) is 51.2 Å². The summed E-state index contributed by atoms with van der Waals surface area (Å²) in [6.45, 7) is 2.65. The standard InChI is InChI=1S/C23H30N2O4/c1-24(16-17-10-6-7-11-19(17)25-14-8-5-9-15-25)23(26)18-12-13-20(27-2)22(29-4)21(18)28-3/h6-7,10-13H,5,8-9,14-16H2,1-4H3. The molecule has 29 heavy (non-hydrogen) atoms. The smallest absolute Gasteiger partial charge is 0.257 e. The van der Waals surface area contributed by atoms with Crippen LogP contribution in [-0.2, 0) is 6.54 Å². The van der Waals surface area contributed by atoms with Gasteiger partial charge in [0.1, 0.15) is 0 Å². The molecule has 1 aliphatic heterocycles. The van der Waals surface area contributed by atoms with Crippen molar-refractivity contribution in [3.8, 4) is 17.2 Å². The number of rotatable bonds is 7. The Morgan fingerprint density at radius 1 is 0.931 bits per heavy atom. The molecular weight excluding hydrogens is 368 g/mol. The molecule has 6 nitrogen and oxygen atoms in total. The van der Waals surface area contributed by atoms with Gasteiger partial charge in [-0.2, -0.15) is 0 Å². The number of amides is 1. The predicted octanol–water partition coefficient (Wildman–Crippen LogP) is 3.97. The van der Waals surface area contributed by atoms with E-state index in [1.807, 2.05) is 13.1 Å². The Morgan fingerprint density at radius 3 is 2.28 bits per heavy atom. The van der Waals surface area contributed by atoms with Crippen molar-refractivity contribution in [2.24, 2.45) is 0 Å². The Labute approximate surface area is 173 Å². The summed E-state index contributed by atoms with van der Waals surface area (Å²) in [6.07, 6.45) is 3.72. The van der Waals surface area contributed by atoms with Crippen LogP contribution in [-0.4, -0.2) is 52.3 Å². The summed E-state index contributed by atoms with van der Waals surface area (Å²) in [5, 5.41) is 0. The second kappa shape index (κ2) is 9.54. The second-order valence-corrected chi connectivity index (χ2v) is 7.22. The number of benzene rings is 2. The van der Waals surface area contributed by atoms with E-state index in [-0.39, 0.29) is 5.91 Å². The molecule has 6 heteroatoms. The van der Waals surface area contributed by atoms with Crippen LogP contribution in [0.1, 0.15) is 35.2 Å². The van der Waals surface area contributed by atoms with Crippen molar-refractivity contribution in [2.45, 2.75) is 25.8 Å². The van der Waals surface area contributed by atoms with Crippen LogP contribution in [0.4, 0.5) is 5.69 Å². The highest BCUT2D eigenvalue weighted by atomic mass is 16.5. The molecular formula is C23H30N2O4. The molecule has 1 aliphatic rings. The molecule has 1 fully saturated rings. The summed E-state index contributed by atoms with van der Waals surface area (Å²) in [5.74, 6) is 1.20. The van der Waals surface area contributed by atoms with Crippen LogP contribution in [0.25, 0.3) is 0 Å². The lowest BCUT2D eigenvalue weighted by Gasteiger charge is -2.31. The van der Waals surface area contributed by atoms with Crippen molar-refractivity contribution in [1.82, 2.24) is 4.90 Å². The van der Waals surface area contributed by atoms with Crippen molar-refractivity contribution in [3.63, 3.8) is 0 Å². The minimum absolute atomic E-state index is 0.128. The number of carbonyl (C=O) groups excluding carboxylic acids is 1. The predicted molar refractivity (Wildman–Crippen MR) is 114 cm³/mol. The molecule has 0 radical (unpaired) electrons. The zero-order valence-electron chi connectivity index (χ0n) is 17.7. The van der Waals surface area contributed by atoms with E-state index < -0.39 is 0 Å². The Kier molecular flexibility index (Phi) is 6.86. The molecule has 0 aromatic heterocycles. The Morgan fingerprint density at radius 2 is 1.62 bits per heavy atom.